The maximum absolute atomic E-state index is 5.42. The van der Waals surface area contributed by atoms with Gasteiger partial charge in [-0.3, -0.25) is 0 Å². The first-order valence-corrected chi connectivity index (χ1v) is 5.03. The van der Waals surface area contributed by atoms with Gasteiger partial charge >= 0.3 is 0 Å². The molecular weight excluding hydrogens is 295 g/mol. The van der Waals surface area contributed by atoms with Crippen molar-refractivity contribution in [2.45, 2.75) is 6.61 Å². The molecule has 0 saturated heterocycles. The van der Waals surface area contributed by atoms with Crippen LogP contribution in [0.4, 0.5) is 0 Å². The maximum Gasteiger partial charge on any atom is 0.211 e. The molecule has 5 nitrogen and oxygen atoms in total. The Balaban J connectivity index is 1.95. The molecule has 0 atom stereocenters. The van der Waals surface area contributed by atoms with Crippen molar-refractivity contribution in [1.82, 2.24) is 20.6 Å². The van der Waals surface area contributed by atoms with E-state index < -0.39 is 0 Å². The highest BCUT2D eigenvalue weighted by atomic mass is 127. The van der Waals surface area contributed by atoms with Gasteiger partial charge in [0, 0.05) is 3.57 Å². The standard InChI is InChI=1S/C8H7IN4O/c9-6-1-3-7(4-2-6)14-5-8-10-12-13-11-8/h1-4H,5H2,(H,10,11,12,13). The summed E-state index contributed by atoms with van der Waals surface area (Å²) < 4.78 is 6.59. The number of hydrogen-bond acceptors (Lipinski definition) is 4. The molecule has 1 aromatic heterocycles. The molecule has 0 radical (unpaired) electrons. The van der Waals surface area contributed by atoms with Gasteiger partial charge in [-0.25, -0.2) is 0 Å². The molecule has 1 aromatic carbocycles. The summed E-state index contributed by atoms with van der Waals surface area (Å²) in [7, 11) is 0. The third kappa shape index (κ3) is 2.41. The molecule has 1 heterocycles. The fraction of sp³-hybridized carbons (Fsp3) is 0.125. The van der Waals surface area contributed by atoms with Crippen LogP contribution < -0.4 is 4.74 Å². The van der Waals surface area contributed by atoms with E-state index in [9.17, 15) is 0 Å². The van der Waals surface area contributed by atoms with Crippen LogP contribution in [-0.4, -0.2) is 20.6 Å². The van der Waals surface area contributed by atoms with E-state index in [0.717, 1.165) is 5.75 Å². The van der Waals surface area contributed by atoms with E-state index in [-0.39, 0.29) is 0 Å². The SMILES string of the molecule is Ic1ccc(OCc2nn[nH]n2)cc1. The number of aromatic nitrogens is 4. The average Bonchev–Trinajstić information content (AvgIpc) is 2.70. The second-order valence-electron chi connectivity index (χ2n) is 2.57. The van der Waals surface area contributed by atoms with Crippen LogP contribution in [0.2, 0.25) is 0 Å². The molecular formula is C8H7IN4O. The molecule has 14 heavy (non-hydrogen) atoms. The molecule has 2 aromatic rings. The quantitative estimate of drug-likeness (QED) is 0.870. The Morgan fingerprint density at radius 3 is 2.71 bits per heavy atom. The van der Waals surface area contributed by atoms with Gasteiger partial charge in [0.1, 0.15) is 5.75 Å². The van der Waals surface area contributed by atoms with Crippen molar-refractivity contribution in [2.75, 3.05) is 0 Å². The van der Waals surface area contributed by atoms with E-state index in [1.165, 1.54) is 3.57 Å². The minimum Gasteiger partial charge on any atom is -0.485 e. The smallest absolute Gasteiger partial charge is 0.211 e. The van der Waals surface area contributed by atoms with Crippen molar-refractivity contribution >= 4 is 22.6 Å². The fourth-order valence-corrected chi connectivity index (χ4v) is 1.28. The van der Waals surface area contributed by atoms with Gasteiger partial charge in [0.2, 0.25) is 5.82 Å². The molecule has 0 aliphatic heterocycles. The summed E-state index contributed by atoms with van der Waals surface area (Å²) in [5, 5.41) is 13.3. The summed E-state index contributed by atoms with van der Waals surface area (Å²) in [6.07, 6.45) is 0. The Bertz CT molecular complexity index is 386. The van der Waals surface area contributed by atoms with Crippen molar-refractivity contribution in [2.24, 2.45) is 0 Å². The zero-order chi connectivity index (χ0) is 9.80. The van der Waals surface area contributed by atoms with Gasteiger partial charge < -0.3 is 4.74 Å². The van der Waals surface area contributed by atoms with Crippen LogP contribution in [-0.2, 0) is 6.61 Å². The first kappa shape index (κ1) is 9.38. The molecule has 0 aliphatic carbocycles. The van der Waals surface area contributed by atoms with Gasteiger partial charge in [-0.2, -0.15) is 5.21 Å². The van der Waals surface area contributed by atoms with Gasteiger partial charge in [0.05, 0.1) is 0 Å². The lowest BCUT2D eigenvalue weighted by atomic mass is 10.3. The monoisotopic (exact) mass is 302 g/mol. The highest BCUT2D eigenvalue weighted by Crippen LogP contribution is 2.14. The third-order valence-corrected chi connectivity index (χ3v) is 2.29. The second kappa shape index (κ2) is 4.36. The number of benzene rings is 1. The normalized spacial score (nSPS) is 10.1. The van der Waals surface area contributed by atoms with E-state index in [4.69, 9.17) is 4.74 Å². The fourth-order valence-electron chi connectivity index (χ4n) is 0.922. The van der Waals surface area contributed by atoms with Gasteiger partial charge in [-0.05, 0) is 46.9 Å². The number of ether oxygens (including phenoxy) is 1. The van der Waals surface area contributed by atoms with E-state index in [1.54, 1.807) is 0 Å². The van der Waals surface area contributed by atoms with Crippen LogP contribution >= 0.6 is 22.6 Å². The second-order valence-corrected chi connectivity index (χ2v) is 3.82. The van der Waals surface area contributed by atoms with Crippen LogP contribution in [0.5, 0.6) is 5.75 Å². The minimum atomic E-state index is 0.330. The van der Waals surface area contributed by atoms with E-state index in [0.29, 0.717) is 12.4 Å². The molecule has 0 saturated carbocycles. The molecule has 1 N–H and O–H groups in total. The van der Waals surface area contributed by atoms with Gasteiger partial charge in [0.15, 0.2) is 6.61 Å². The number of hydrogen-bond donors (Lipinski definition) is 1. The molecule has 0 aliphatic rings. The zero-order valence-electron chi connectivity index (χ0n) is 7.14. The summed E-state index contributed by atoms with van der Waals surface area (Å²) in [4.78, 5) is 0. The van der Waals surface area contributed by atoms with Crippen molar-refractivity contribution in [3.63, 3.8) is 0 Å². The molecule has 2 rings (SSSR count). The lowest BCUT2D eigenvalue weighted by Crippen LogP contribution is -1.97. The largest absolute Gasteiger partial charge is 0.485 e. The number of H-pyrrole nitrogens is 1. The molecule has 0 amide bonds. The Morgan fingerprint density at radius 2 is 2.07 bits per heavy atom. The first-order valence-electron chi connectivity index (χ1n) is 3.95. The first-order chi connectivity index (χ1) is 6.84. The highest BCUT2D eigenvalue weighted by molar-refractivity contribution is 14.1. The van der Waals surface area contributed by atoms with Crippen LogP contribution in [0.25, 0.3) is 0 Å². The number of aromatic amines is 1. The van der Waals surface area contributed by atoms with Gasteiger partial charge in [-0.1, -0.05) is 5.21 Å². The van der Waals surface area contributed by atoms with Crippen LogP contribution in [0.3, 0.4) is 0 Å². The number of tetrazole rings is 1. The molecule has 72 valence electrons. The lowest BCUT2D eigenvalue weighted by molar-refractivity contribution is 0.296. The zero-order valence-corrected chi connectivity index (χ0v) is 9.30. The maximum atomic E-state index is 5.42. The van der Waals surface area contributed by atoms with Crippen LogP contribution in [0.1, 0.15) is 5.82 Å². The van der Waals surface area contributed by atoms with Crippen molar-refractivity contribution < 1.29 is 4.74 Å². The van der Waals surface area contributed by atoms with E-state index in [2.05, 4.69) is 43.2 Å². The summed E-state index contributed by atoms with van der Waals surface area (Å²) in [6.45, 7) is 0.330. The van der Waals surface area contributed by atoms with Crippen LogP contribution in [0, 0.1) is 3.57 Å². The molecule has 0 bridgehead atoms. The average molecular weight is 302 g/mol. The summed E-state index contributed by atoms with van der Waals surface area (Å²) in [6, 6.07) is 7.77. The minimum absolute atomic E-state index is 0.330. The number of rotatable bonds is 3. The molecule has 6 heteroatoms. The predicted molar refractivity (Wildman–Crippen MR) is 57.7 cm³/mol. The Morgan fingerprint density at radius 1 is 1.29 bits per heavy atom. The Hall–Kier alpha value is -1.18. The number of halogens is 1. The number of nitrogens with zero attached hydrogens (tertiary/aromatic N) is 3. The van der Waals surface area contributed by atoms with E-state index >= 15 is 0 Å². The van der Waals surface area contributed by atoms with Crippen molar-refractivity contribution in [1.29, 1.82) is 0 Å². The molecule has 0 fully saturated rings. The predicted octanol–water partition coefficient (Wildman–Crippen LogP) is 1.38. The summed E-state index contributed by atoms with van der Waals surface area (Å²) in [5.74, 6) is 1.35. The summed E-state index contributed by atoms with van der Waals surface area (Å²) in [5.41, 5.74) is 0. The van der Waals surface area contributed by atoms with Gasteiger partial charge in [-0.15, -0.1) is 10.2 Å². The molecule has 0 unspecified atom stereocenters. The highest BCUT2D eigenvalue weighted by Gasteiger charge is 1.99. The third-order valence-electron chi connectivity index (χ3n) is 1.57. The van der Waals surface area contributed by atoms with Crippen LogP contribution in [0.15, 0.2) is 24.3 Å². The van der Waals surface area contributed by atoms with Crippen molar-refractivity contribution in [3.8, 4) is 5.75 Å². The lowest BCUT2D eigenvalue weighted by Gasteiger charge is -2.02. The summed E-state index contributed by atoms with van der Waals surface area (Å²) >= 11 is 2.24. The van der Waals surface area contributed by atoms with Crippen molar-refractivity contribution in [3.05, 3.63) is 33.7 Å². The Labute approximate surface area is 94.0 Å². The number of nitrogens with one attached hydrogen (secondary N) is 1. The Kier molecular flexibility index (Phi) is 2.92. The van der Waals surface area contributed by atoms with E-state index in [1.807, 2.05) is 24.3 Å². The molecule has 0 spiro atoms. The topological polar surface area (TPSA) is 63.7 Å². The van der Waals surface area contributed by atoms with Gasteiger partial charge in [0.25, 0.3) is 0 Å².